The molecule has 0 aromatic heterocycles. The van der Waals surface area contributed by atoms with E-state index in [4.69, 9.17) is 9.47 Å². The number of sulfonamides is 1. The summed E-state index contributed by atoms with van der Waals surface area (Å²) in [4.78, 5) is 12.4. The van der Waals surface area contributed by atoms with Gasteiger partial charge in [0, 0.05) is 38.8 Å². The van der Waals surface area contributed by atoms with Crippen LogP contribution in [0, 0.1) is 10.1 Å². The van der Waals surface area contributed by atoms with E-state index in [1.165, 1.54) is 0 Å². The van der Waals surface area contributed by atoms with Gasteiger partial charge in [0.05, 0.1) is 11.0 Å². The SMILES string of the molecule is O=[N+]([O-])c1cc2c(cc1S(=O)(=O)NCCCN1CCNCC1)OCCO2. The molecule has 3 rings (SSSR count). The van der Waals surface area contributed by atoms with Gasteiger partial charge in [-0.25, -0.2) is 13.1 Å². The molecule has 26 heavy (non-hydrogen) atoms. The number of hydrogen-bond acceptors (Lipinski definition) is 8. The van der Waals surface area contributed by atoms with E-state index < -0.39 is 25.5 Å². The molecule has 0 saturated carbocycles. The van der Waals surface area contributed by atoms with Crippen LogP contribution in [0.5, 0.6) is 11.5 Å². The Bertz CT molecular complexity index is 764. The molecule has 1 saturated heterocycles. The fourth-order valence-corrected chi connectivity index (χ4v) is 4.18. The van der Waals surface area contributed by atoms with Crippen molar-refractivity contribution >= 4 is 15.7 Å². The van der Waals surface area contributed by atoms with Crippen molar-refractivity contribution in [1.29, 1.82) is 0 Å². The van der Waals surface area contributed by atoms with Crippen LogP contribution in [0.2, 0.25) is 0 Å². The third-order valence-electron chi connectivity index (χ3n) is 4.26. The van der Waals surface area contributed by atoms with Gasteiger partial charge in [-0.3, -0.25) is 10.1 Å². The fourth-order valence-electron chi connectivity index (χ4n) is 2.94. The minimum atomic E-state index is -4.03. The molecule has 0 bridgehead atoms. The zero-order valence-corrected chi connectivity index (χ0v) is 15.1. The zero-order chi connectivity index (χ0) is 18.6. The van der Waals surface area contributed by atoms with Crippen LogP contribution in [-0.2, 0) is 10.0 Å². The van der Waals surface area contributed by atoms with E-state index >= 15 is 0 Å². The molecule has 11 heteroatoms. The van der Waals surface area contributed by atoms with Crippen LogP contribution in [0.15, 0.2) is 17.0 Å². The number of ether oxygens (including phenoxy) is 2. The van der Waals surface area contributed by atoms with Crippen molar-refractivity contribution in [1.82, 2.24) is 14.9 Å². The minimum absolute atomic E-state index is 0.181. The molecule has 0 spiro atoms. The molecule has 2 aliphatic rings. The van der Waals surface area contributed by atoms with E-state index in [-0.39, 0.29) is 31.3 Å². The first-order chi connectivity index (χ1) is 12.5. The molecule has 0 atom stereocenters. The number of benzene rings is 1. The van der Waals surface area contributed by atoms with Crippen molar-refractivity contribution in [2.24, 2.45) is 0 Å². The predicted molar refractivity (Wildman–Crippen MR) is 93.2 cm³/mol. The highest BCUT2D eigenvalue weighted by Crippen LogP contribution is 2.38. The standard InChI is InChI=1S/C15H22N4O6S/c20-19(21)12-10-13-14(25-9-8-24-13)11-15(12)26(22,23)17-2-1-5-18-6-3-16-4-7-18/h10-11,16-17H,1-9H2. The first-order valence-corrected chi connectivity index (χ1v) is 9.96. The summed E-state index contributed by atoms with van der Waals surface area (Å²) < 4.78 is 38.2. The number of piperazine rings is 1. The van der Waals surface area contributed by atoms with Crippen molar-refractivity contribution in [3.8, 4) is 11.5 Å². The van der Waals surface area contributed by atoms with Gasteiger partial charge in [-0.2, -0.15) is 0 Å². The maximum atomic E-state index is 12.6. The van der Waals surface area contributed by atoms with Gasteiger partial charge in [0.2, 0.25) is 10.0 Å². The molecule has 0 amide bonds. The van der Waals surface area contributed by atoms with Crippen LogP contribution in [0.3, 0.4) is 0 Å². The Morgan fingerprint density at radius 1 is 1.19 bits per heavy atom. The second-order valence-electron chi connectivity index (χ2n) is 6.06. The lowest BCUT2D eigenvalue weighted by Gasteiger charge is -2.27. The van der Waals surface area contributed by atoms with Crippen molar-refractivity contribution < 1.29 is 22.8 Å². The Morgan fingerprint density at radius 2 is 1.85 bits per heavy atom. The molecule has 0 aliphatic carbocycles. The molecular weight excluding hydrogens is 364 g/mol. The van der Waals surface area contributed by atoms with Crippen molar-refractivity contribution in [2.45, 2.75) is 11.3 Å². The van der Waals surface area contributed by atoms with Crippen LogP contribution in [0.4, 0.5) is 5.69 Å². The molecule has 1 fully saturated rings. The number of fused-ring (bicyclic) bond motifs is 1. The quantitative estimate of drug-likeness (QED) is 0.380. The minimum Gasteiger partial charge on any atom is -0.486 e. The van der Waals surface area contributed by atoms with Crippen molar-refractivity contribution in [2.75, 3.05) is 52.5 Å². The first-order valence-electron chi connectivity index (χ1n) is 8.48. The highest BCUT2D eigenvalue weighted by Gasteiger charge is 2.30. The summed E-state index contributed by atoms with van der Waals surface area (Å²) in [5, 5.41) is 14.5. The highest BCUT2D eigenvalue weighted by atomic mass is 32.2. The number of nitro benzene ring substituents is 1. The molecule has 0 radical (unpaired) electrons. The normalized spacial score (nSPS) is 17.8. The molecule has 1 aromatic carbocycles. The molecule has 144 valence electrons. The Kier molecular flexibility index (Phi) is 5.91. The monoisotopic (exact) mass is 386 g/mol. The summed E-state index contributed by atoms with van der Waals surface area (Å²) in [5.41, 5.74) is -0.524. The predicted octanol–water partition coefficient (Wildman–Crippen LogP) is -0.0604. The van der Waals surface area contributed by atoms with Gasteiger partial charge in [0.1, 0.15) is 13.2 Å². The maximum absolute atomic E-state index is 12.6. The van der Waals surface area contributed by atoms with E-state index in [1.807, 2.05) is 0 Å². The lowest BCUT2D eigenvalue weighted by Crippen LogP contribution is -2.44. The number of hydrogen-bond donors (Lipinski definition) is 2. The van der Waals surface area contributed by atoms with Crippen LogP contribution in [0.1, 0.15) is 6.42 Å². The molecule has 0 unspecified atom stereocenters. The van der Waals surface area contributed by atoms with Gasteiger partial charge in [-0.1, -0.05) is 0 Å². The van der Waals surface area contributed by atoms with Crippen molar-refractivity contribution in [3.63, 3.8) is 0 Å². The Balaban J connectivity index is 1.68. The van der Waals surface area contributed by atoms with Crippen LogP contribution >= 0.6 is 0 Å². The van der Waals surface area contributed by atoms with Crippen molar-refractivity contribution in [3.05, 3.63) is 22.2 Å². The average Bonchev–Trinajstić information content (AvgIpc) is 2.65. The first kappa shape index (κ1) is 18.8. The summed E-state index contributed by atoms with van der Waals surface area (Å²) in [7, 11) is -4.03. The summed E-state index contributed by atoms with van der Waals surface area (Å²) in [6.07, 6.45) is 0.623. The van der Waals surface area contributed by atoms with Gasteiger partial charge < -0.3 is 19.7 Å². The van der Waals surface area contributed by atoms with Gasteiger partial charge in [0.25, 0.3) is 5.69 Å². The van der Waals surface area contributed by atoms with E-state index in [9.17, 15) is 18.5 Å². The van der Waals surface area contributed by atoms with Gasteiger partial charge in [-0.15, -0.1) is 0 Å². The van der Waals surface area contributed by atoms with E-state index in [1.54, 1.807) is 0 Å². The van der Waals surface area contributed by atoms with Gasteiger partial charge in [-0.05, 0) is 13.0 Å². The Hall–Kier alpha value is -1.95. The van der Waals surface area contributed by atoms with Crippen LogP contribution in [-0.4, -0.2) is 70.7 Å². The van der Waals surface area contributed by atoms with Crippen LogP contribution in [0.25, 0.3) is 0 Å². The Morgan fingerprint density at radius 3 is 2.50 bits per heavy atom. The fraction of sp³-hybridized carbons (Fsp3) is 0.600. The lowest BCUT2D eigenvalue weighted by molar-refractivity contribution is -0.388. The van der Waals surface area contributed by atoms with E-state index in [0.29, 0.717) is 6.42 Å². The maximum Gasteiger partial charge on any atom is 0.293 e. The topological polar surface area (TPSA) is 123 Å². The van der Waals surface area contributed by atoms with E-state index in [2.05, 4.69) is 14.9 Å². The van der Waals surface area contributed by atoms with Crippen LogP contribution < -0.4 is 19.5 Å². The lowest BCUT2D eigenvalue weighted by atomic mass is 10.2. The largest absolute Gasteiger partial charge is 0.486 e. The molecule has 1 aromatic rings. The summed E-state index contributed by atoms with van der Waals surface area (Å²) in [5.74, 6) is 0.378. The molecular formula is C15H22N4O6S. The Labute approximate surface area is 151 Å². The molecule has 2 aliphatic heterocycles. The smallest absolute Gasteiger partial charge is 0.293 e. The van der Waals surface area contributed by atoms with Gasteiger partial charge in [0.15, 0.2) is 16.4 Å². The molecule has 2 heterocycles. The second-order valence-corrected chi connectivity index (χ2v) is 7.80. The number of nitrogens with zero attached hydrogens (tertiary/aromatic N) is 2. The number of rotatable bonds is 7. The zero-order valence-electron chi connectivity index (χ0n) is 14.3. The summed E-state index contributed by atoms with van der Waals surface area (Å²) in [6.45, 7) is 5.22. The summed E-state index contributed by atoms with van der Waals surface area (Å²) in [6, 6.07) is 2.26. The van der Waals surface area contributed by atoms with Gasteiger partial charge >= 0.3 is 0 Å². The third kappa shape index (κ3) is 4.41. The molecule has 2 N–H and O–H groups in total. The number of nitrogens with one attached hydrogen (secondary N) is 2. The average molecular weight is 386 g/mol. The second kappa shape index (κ2) is 8.16. The molecule has 10 nitrogen and oxygen atoms in total. The third-order valence-corrected chi connectivity index (χ3v) is 5.75. The van der Waals surface area contributed by atoms with E-state index in [0.717, 1.165) is 44.9 Å². The highest BCUT2D eigenvalue weighted by molar-refractivity contribution is 7.89. The number of nitro groups is 1. The summed E-state index contributed by atoms with van der Waals surface area (Å²) >= 11 is 0.